The fourth-order valence-electron chi connectivity index (χ4n) is 1.16. The molecule has 2 N–H and O–H groups in total. The van der Waals surface area contributed by atoms with E-state index in [2.05, 4.69) is 6.58 Å². The molecule has 0 saturated carbocycles. The van der Waals surface area contributed by atoms with Gasteiger partial charge in [-0.05, 0) is 12.5 Å². The largest absolute Gasteiger partial charge is 0.364 e. The minimum absolute atomic E-state index is 0.209. The summed E-state index contributed by atoms with van der Waals surface area (Å²) in [5.74, 6) is -0.270. The van der Waals surface area contributed by atoms with Crippen LogP contribution in [0.5, 0.6) is 0 Å². The molecule has 14 heavy (non-hydrogen) atoms. The standard InChI is InChI=1S/C11H12O3/c1-7(2)10(12)8-5-3-4-6-9(8)11(13)14/h3-6,11,13-14H,1H2,2H3. The van der Waals surface area contributed by atoms with Gasteiger partial charge < -0.3 is 10.2 Å². The molecule has 3 nitrogen and oxygen atoms in total. The van der Waals surface area contributed by atoms with Crippen molar-refractivity contribution in [2.45, 2.75) is 13.2 Å². The second-order valence-electron chi connectivity index (χ2n) is 3.07. The van der Waals surface area contributed by atoms with Gasteiger partial charge in [0.1, 0.15) is 0 Å². The van der Waals surface area contributed by atoms with Crippen molar-refractivity contribution in [1.29, 1.82) is 0 Å². The number of aliphatic hydroxyl groups excluding tert-OH is 1. The minimum Gasteiger partial charge on any atom is -0.364 e. The van der Waals surface area contributed by atoms with E-state index in [-0.39, 0.29) is 16.9 Å². The first kappa shape index (κ1) is 10.6. The van der Waals surface area contributed by atoms with Gasteiger partial charge in [0, 0.05) is 11.1 Å². The first-order chi connectivity index (χ1) is 6.54. The number of Topliss-reactive ketones (excluding diaryl/α,β-unsaturated/α-hetero) is 1. The summed E-state index contributed by atoms with van der Waals surface area (Å²) in [7, 11) is 0. The first-order valence-corrected chi connectivity index (χ1v) is 4.19. The summed E-state index contributed by atoms with van der Waals surface area (Å²) >= 11 is 0. The fourth-order valence-corrected chi connectivity index (χ4v) is 1.16. The summed E-state index contributed by atoms with van der Waals surface area (Å²) in [5, 5.41) is 18.0. The van der Waals surface area contributed by atoms with Gasteiger partial charge in [0.15, 0.2) is 12.1 Å². The number of benzene rings is 1. The van der Waals surface area contributed by atoms with Gasteiger partial charge in [0.2, 0.25) is 0 Å². The Morgan fingerprint density at radius 1 is 1.36 bits per heavy atom. The zero-order valence-electron chi connectivity index (χ0n) is 7.90. The highest BCUT2D eigenvalue weighted by atomic mass is 16.5. The molecule has 1 rings (SSSR count). The summed E-state index contributed by atoms with van der Waals surface area (Å²) in [6.07, 6.45) is -1.63. The molecule has 0 saturated heterocycles. The molecule has 0 radical (unpaired) electrons. The number of allylic oxidation sites excluding steroid dienone is 1. The maximum atomic E-state index is 11.5. The van der Waals surface area contributed by atoms with Crippen LogP contribution in [0.4, 0.5) is 0 Å². The molecule has 0 aromatic heterocycles. The Balaban J connectivity index is 3.20. The average Bonchev–Trinajstić information content (AvgIpc) is 2.16. The second-order valence-corrected chi connectivity index (χ2v) is 3.07. The summed E-state index contributed by atoms with van der Waals surface area (Å²) in [6, 6.07) is 6.36. The normalized spacial score (nSPS) is 10.3. The molecule has 0 aliphatic carbocycles. The zero-order valence-corrected chi connectivity index (χ0v) is 7.90. The van der Waals surface area contributed by atoms with Gasteiger partial charge in [-0.3, -0.25) is 4.79 Å². The quantitative estimate of drug-likeness (QED) is 0.432. The second kappa shape index (κ2) is 4.17. The molecular formula is C11H12O3. The van der Waals surface area contributed by atoms with Crippen LogP contribution in [0, 0.1) is 0 Å². The van der Waals surface area contributed by atoms with Crippen molar-refractivity contribution in [1.82, 2.24) is 0 Å². The van der Waals surface area contributed by atoms with Gasteiger partial charge in [0.25, 0.3) is 0 Å². The lowest BCUT2D eigenvalue weighted by molar-refractivity contribution is -0.0429. The van der Waals surface area contributed by atoms with Crippen molar-refractivity contribution >= 4 is 5.78 Å². The maximum Gasteiger partial charge on any atom is 0.188 e. The molecule has 0 fully saturated rings. The topological polar surface area (TPSA) is 57.5 Å². The van der Waals surface area contributed by atoms with Gasteiger partial charge in [-0.2, -0.15) is 0 Å². The third kappa shape index (κ3) is 2.07. The van der Waals surface area contributed by atoms with Crippen molar-refractivity contribution in [3.05, 3.63) is 47.5 Å². The average molecular weight is 192 g/mol. The van der Waals surface area contributed by atoms with Gasteiger partial charge in [-0.1, -0.05) is 30.8 Å². The third-order valence-corrected chi connectivity index (χ3v) is 1.87. The van der Waals surface area contributed by atoms with Crippen LogP contribution in [-0.4, -0.2) is 16.0 Å². The predicted molar refractivity (Wildman–Crippen MR) is 52.8 cm³/mol. The molecule has 74 valence electrons. The number of aliphatic hydroxyl groups is 2. The van der Waals surface area contributed by atoms with Gasteiger partial charge in [-0.15, -0.1) is 0 Å². The van der Waals surface area contributed by atoms with E-state index in [9.17, 15) is 4.79 Å². The van der Waals surface area contributed by atoms with Crippen LogP contribution < -0.4 is 0 Å². The molecule has 0 spiro atoms. The third-order valence-electron chi connectivity index (χ3n) is 1.87. The van der Waals surface area contributed by atoms with Crippen LogP contribution in [-0.2, 0) is 0 Å². The molecule has 1 aromatic carbocycles. The Morgan fingerprint density at radius 2 is 1.93 bits per heavy atom. The van der Waals surface area contributed by atoms with Crippen LogP contribution in [0.2, 0.25) is 0 Å². The summed E-state index contributed by atoms with van der Waals surface area (Å²) < 4.78 is 0. The zero-order chi connectivity index (χ0) is 10.7. The lowest BCUT2D eigenvalue weighted by Gasteiger charge is -2.09. The maximum absolute atomic E-state index is 11.5. The molecule has 0 aliphatic heterocycles. The predicted octanol–water partition coefficient (Wildman–Crippen LogP) is 1.43. The van der Waals surface area contributed by atoms with E-state index in [1.807, 2.05) is 0 Å². The van der Waals surface area contributed by atoms with Crippen molar-refractivity contribution < 1.29 is 15.0 Å². The molecule has 0 heterocycles. The SMILES string of the molecule is C=C(C)C(=O)c1ccccc1C(O)O. The van der Waals surface area contributed by atoms with Crippen molar-refractivity contribution in [2.75, 3.05) is 0 Å². The highest BCUT2D eigenvalue weighted by molar-refractivity contribution is 6.08. The van der Waals surface area contributed by atoms with Crippen LogP contribution in [0.3, 0.4) is 0 Å². The number of rotatable bonds is 3. The number of ketones is 1. The molecule has 0 atom stereocenters. The lowest BCUT2D eigenvalue weighted by Crippen LogP contribution is -2.07. The smallest absolute Gasteiger partial charge is 0.188 e. The van der Waals surface area contributed by atoms with Crippen LogP contribution in [0.25, 0.3) is 0 Å². The van der Waals surface area contributed by atoms with E-state index in [1.54, 1.807) is 25.1 Å². The van der Waals surface area contributed by atoms with E-state index in [1.165, 1.54) is 6.07 Å². The van der Waals surface area contributed by atoms with Crippen molar-refractivity contribution in [3.63, 3.8) is 0 Å². The molecular weight excluding hydrogens is 180 g/mol. The number of carbonyl (C=O) groups is 1. The Labute approximate surface area is 82.3 Å². The molecule has 0 aliphatic rings. The molecule has 3 heteroatoms. The number of carbonyl (C=O) groups excluding carboxylic acids is 1. The van der Waals surface area contributed by atoms with Crippen LogP contribution in [0.1, 0.15) is 29.1 Å². The Morgan fingerprint density at radius 3 is 2.43 bits per heavy atom. The molecule has 0 amide bonds. The summed E-state index contributed by atoms with van der Waals surface area (Å²) in [4.78, 5) is 11.5. The number of hydrogen-bond donors (Lipinski definition) is 2. The lowest BCUT2D eigenvalue weighted by atomic mass is 10.00. The highest BCUT2D eigenvalue weighted by Gasteiger charge is 2.14. The summed E-state index contributed by atoms with van der Waals surface area (Å²) in [5.41, 5.74) is 0.869. The number of hydrogen-bond acceptors (Lipinski definition) is 3. The van der Waals surface area contributed by atoms with Crippen LogP contribution >= 0.6 is 0 Å². The Bertz CT molecular complexity index is 367. The van der Waals surface area contributed by atoms with E-state index in [0.717, 1.165) is 0 Å². The van der Waals surface area contributed by atoms with Crippen molar-refractivity contribution in [3.8, 4) is 0 Å². The van der Waals surface area contributed by atoms with Crippen LogP contribution in [0.15, 0.2) is 36.4 Å². The van der Waals surface area contributed by atoms with E-state index in [0.29, 0.717) is 5.57 Å². The highest BCUT2D eigenvalue weighted by Crippen LogP contribution is 2.18. The van der Waals surface area contributed by atoms with Gasteiger partial charge in [-0.25, -0.2) is 0 Å². The van der Waals surface area contributed by atoms with Gasteiger partial charge >= 0.3 is 0 Å². The monoisotopic (exact) mass is 192 g/mol. The molecule has 0 unspecified atom stereocenters. The van der Waals surface area contributed by atoms with E-state index in [4.69, 9.17) is 10.2 Å². The first-order valence-electron chi connectivity index (χ1n) is 4.19. The van der Waals surface area contributed by atoms with E-state index < -0.39 is 6.29 Å². The molecule has 1 aromatic rings. The molecule has 0 bridgehead atoms. The fraction of sp³-hybridized carbons (Fsp3) is 0.182. The van der Waals surface area contributed by atoms with E-state index >= 15 is 0 Å². The van der Waals surface area contributed by atoms with Gasteiger partial charge in [0.05, 0.1) is 0 Å². The Hall–Kier alpha value is -1.45. The Kier molecular flexibility index (Phi) is 3.17. The minimum atomic E-state index is -1.63. The van der Waals surface area contributed by atoms with Crippen molar-refractivity contribution in [2.24, 2.45) is 0 Å². The summed E-state index contributed by atoms with van der Waals surface area (Å²) in [6.45, 7) is 5.11.